The second kappa shape index (κ2) is 8.06. The zero-order valence-corrected chi connectivity index (χ0v) is 16.2. The van der Waals surface area contributed by atoms with Crippen molar-refractivity contribution in [3.63, 3.8) is 0 Å². The van der Waals surface area contributed by atoms with Crippen molar-refractivity contribution in [1.29, 1.82) is 0 Å². The van der Waals surface area contributed by atoms with Crippen molar-refractivity contribution in [3.05, 3.63) is 53.8 Å². The Morgan fingerprint density at radius 3 is 2.71 bits per heavy atom. The van der Waals surface area contributed by atoms with Gasteiger partial charge < -0.3 is 5.32 Å². The average Bonchev–Trinajstić information content (AvgIpc) is 2.77. The molecule has 0 aliphatic carbocycles. The largest absolute Gasteiger partial charge is 0.309 e. The van der Waals surface area contributed by atoms with Crippen molar-refractivity contribution >= 4 is 54.8 Å². The number of rotatable bonds is 6. The van der Waals surface area contributed by atoms with Crippen LogP contribution in [-0.2, 0) is 6.42 Å². The molecule has 21 heavy (non-hydrogen) atoms. The third kappa shape index (κ3) is 4.52. The fourth-order valence-corrected chi connectivity index (χ4v) is 4.46. The van der Waals surface area contributed by atoms with Gasteiger partial charge in [-0.1, -0.05) is 24.6 Å². The van der Waals surface area contributed by atoms with Crippen LogP contribution in [0.5, 0.6) is 0 Å². The van der Waals surface area contributed by atoms with Crippen molar-refractivity contribution in [3.8, 4) is 0 Å². The molecule has 0 aliphatic heterocycles. The van der Waals surface area contributed by atoms with Gasteiger partial charge in [-0.3, -0.25) is 0 Å². The zero-order chi connectivity index (χ0) is 15.4. The maximum absolute atomic E-state index is 14.0. The summed E-state index contributed by atoms with van der Waals surface area (Å²) in [6, 6.07) is 6.94. The van der Waals surface area contributed by atoms with Crippen molar-refractivity contribution < 1.29 is 4.39 Å². The summed E-state index contributed by atoms with van der Waals surface area (Å²) in [4.78, 5) is 1.15. The molecule has 0 aliphatic rings. The minimum Gasteiger partial charge on any atom is -0.309 e. The molecule has 1 atom stereocenters. The fourth-order valence-electron chi connectivity index (χ4n) is 2.06. The zero-order valence-electron chi connectivity index (χ0n) is 11.4. The molecule has 1 N–H and O–H groups in total. The average molecular weight is 456 g/mol. The fraction of sp³-hybridized carbons (Fsp3) is 0.333. The molecule has 0 bridgehead atoms. The van der Waals surface area contributed by atoms with E-state index in [-0.39, 0.29) is 11.9 Å². The second-order valence-corrected chi connectivity index (χ2v) is 8.34. The van der Waals surface area contributed by atoms with Crippen molar-refractivity contribution in [2.75, 3.05) is 6.54 Å². The SMILES string of the molecule is CCCNC(Cc1c(F)cccc1Cl)c1cc(Br)c(Br)s1. The molecule has 0 radical (unpaired) electrons. The molecule has 0 fully saturated rings. The lowest BCUT2D eigenvalue weighted by atomic mass is 10.0. The topological polar surface area (TPSA) is 12.0 Å². The summed E-state index contributed by atoms with van der Waals surface area (Å²) in [5.74, 6) is -0.250. The highest BCUT2D eigenvalue weighted by Gasteiger charge is 2.19. The molecule has 1 nitrogen and oxygen atoms in total. The number of nitrogens with one attached hydrogen (secondary N) is 1. The summed E-state index contributed by atoms with van der Waals surface area (Å²) < 4.78 is 16.1. The molecule has 0 saturated heterocycles. The summed E-state index contributed by atoms with van der Waals surface area (Å²) in [5.41, 5.74) is 0.563. The number of hydrogen-bond donors (Lipinski definition) is 1. The van der Waals surface area contributed by atoms with E-state index in [0.717, 1.165) is 26.1 Å². The van der Waals surface area contributed by atoms with Gasteiger partial charge >= 0.3 is 0 Å². The first-order valence-electron chi connectivity index (χ1n) is 6.64. The molecule has 114 valence electrons. The van der Waals surface area contributed by atoms with E-state index >= 15 is 0 Å². The number of thiophene rings is 1. The highest BCUT2D eigenvalue weighted by Crippen LogP contribution is 2.37. The van der Waals surface area contributed by atoms with Gasteiger partial charge in [0, 0.05) is 26.0 Å². The van der Waals surface area contributed by atoms with Gasteiger partial charge in [0.2, 0.25) is 0 Å². The van der Waals surface area contributed by atoms with E-state index < -0.39 is 0 Å². The summed E-state index contributed by atoms with van der Waals surface area (Å²) in [6.45, 7) is 2.99. The number of halogens is 4. The molecule has 6 heteroatoms. The van der Waals surface area contributed by atoms with Crippen LogP contribution in [0.2, 0.25) is 5.02 Å². The summed E-state index contributed by atoms with van der Waals surface area (Å²) >= 11 is 14.8. The van der Waals surface area contributed by atoms with Gasteiger partial charge in [-0.05, 0) is 69.4 Å². The summed E-state index contributed by atoms with van der Waals surface area (Å²) in [5, 5.41) is 3.95. The van der Waals surface area contributed by atoms with Crippen LogP contribution in [0.25, 0.3) is 0 Å². The minimum absolute atomic E-state index is 0.0481. The smallest absolute Gasteiger partial charge is 0.127 e. The van der Waals surface area contributed by atoms with Crippen LogP contribution < -0.4 is 5.32 Å². The van der Waals surface area contributed by atoms with E-state index in [9.17, 15) is 4.39 Å². The molecule has 0 spiro atoms. The van der Waals surface area contributed by atoms with Crippen LogP contribution >= 0.6 is 54.8 Å². The minimum atomic E-state index is -0.250. The summed E-state index contributed by atoms with van der Waals surface area (Å²) in [7, 11) is 0. The van der Waals surface area contributed by atoms with Gasteiger partial charge in [-0.2, -0.15) is 0 Å². The van der Waals surface area contributed by atoms with Crippen LogP contribution in [0, 0.1) is 5.82 Å². The van der Waals surface area contributed by atoms with E-state index in [0.29, 0.717) is 17.0 Å². The Morgan fingerprint density at radius 1 is 1.38 bits per heavy atom. The first-order valence-corrected chi connectivity index (χ1v) is 9.42. The number of hydrogen-bond acceptors (Lipinski definition) is 2. The normalized spacial score (nSPS) is 12.6. The lowest BCUT2D eigenvalue weighted by molar-refractivity contribution is 0.519. The van der Waals surface area contributed by atoms with E-state index in [4.69, 9.17) is 11.6 Å². The Labute approximate surface area is 150 Å². The van der Waals surface area contributed by atoms with Crippen LogP contribution in [-0.4, -0.2) is 6.54 Å². The Kier molecular flexibility index (Phi) is 6.69. The monoisotopic (exact) mass is 453 g/mol. The molecular weight excluding hydrogens is 440 g/mol. The van der Waals surface area contributed by atoms with Gasteiger partial charge in [0.15, 0.2) is 0 Å². The number of benzene rings is 1. The van der Waals surface area contributed by atoms with E-state index in [2.05, 4.69) is 50.2 Å². The van der Waals surface area contributed by atoms with Crippen LogP contribution in [0.4, 0.5) is 4.39 Å². The highest BCUT2D eigenvalue weighted by atomic mass is 79.9. The predicted molar refractivity (Wildman–Crippen MR) is 95.9 cm³/mol. The Morgan fingerprint density at radius 2 is 2.14 bits per heavy atom. The van der Waals surface area contributed by atoms with E-state index in [1.54, 1.807) is 23.5 Å². The van der Waals surface area contributed by atoms with Crippen LogP contribution in [0.15, 0.2) is 32.5 Å². The quantitative estimate of drug-likeness (QED) is 0.535. The predicted octanol–water partition coefficient (Wildman–Crippen LogP) is 6.35. The third-order valence-corrected chi connectivity index (χ3v) is 6.84. The third-order valence-electron chi connectivity index (χ3n) is 3.12. The van der Waals surface area contributed by atoms with Gasteiger partial charge in [-0.15, -0.1) is 11.3 Å². The first-order chi connectivity index (χ1) is 10.0. The maximum Gasteiger partial charge on any atom is 0.127 e. The van der Waals surface area contributed by atoms with Gasteiger partial charge in [0.1, 0.15) is 5.82 Å². The van der Waals surface area contributed by atoms with Crippen molar-refractivity contribution in [2.24, 2.45) is 0 Å². The van der Waals surface area contributed by atoms with Crippen molar-refractivity contribution in [1.82, 2.24) is 5.32 Å². The summed E-state index contributed by atoms with van der Waals surface area (Å²) in [6.07, 6.45) is 1.56. The van der Waals surface area contributed by atoms with Crippen LogP contribution in [0.1, 0.15) is 29.8 Å². The van der Waals surface area contributed by atoms with Crippen molar-refractivity contribution in [2.45, 2.75) is 25.8 Å². The molecule has 0 amide bonds. The molecule has 1 aromatic carbocycles. The Balaban J connectivity index is 2.28. The molecule has 1 heterocycles. The van der Waals surface area contributed by atoms with Gasteiger partial charge in [0.25, 0.3) is 0 Å². The molecular formula is C15H15Br2ClFNS. The standard InChI is InChI=1S/C15H15Br2ClFNS/c1-2-6-20-13(14-8-10(16)15(17)21-14)7-9-11(18)4-3-5-12(9)19/h3-5,8,13,20H,2,6-7H2,1H3. The highest BCUT2D eigenvalue weighted by molar-refractivity contribution is 9.13. The van der Waals surface area contributed by atoms with Gasteiger partial charge in [0.05, 0.1) is 3.79 Å². The lowest BCUT2D eigenvalue weighted by Gasteiger charge is -2.18. The van der Waals surface area contributed by atoms with E-state index in [1.165, 1.54) is 6.07 Å². The molecule has 2 aromatic rings. The maximum atomic E-state index is 14.0. The Hall–Kier alpha value is 0.0600. The molecule has 1 aromatic heterocycles. The molecule has 2 rings (SSSR count). The van der Waals surface area contributed by atoms with Crippen LogP contribution in [0.3, 0.4) is 0 Å². The molecule has 1 unspecified atom stereocenters. The molecule has 0 saturated carbocycles. The first kappa shape index (κ1) is 17.4. The Bertz CT molecular complexity index is 578. The van der Waals surface area contributed by atoms with E-state index in [1.807, 2.05) is 0 Å². The van der Waals surface area contributed by atoms with Gasteiger partial charge in [-0.25, -0.2) is 4.39 Å². The second-order valence-electron chi connectivity index (χ2n) is 4.68. The lowest BCUT2D eigenvalue weighted by Crippen LogP contribution is -2.23.